The van der Waals surface area contributed by atoms with Crippen molar-refractivity contribution in [1.82, 2.24) is 10.6 Å². The van der Waals surface area contributed by atoms with E-state index in [1.807, 2.05) is 11.4 Å². The molecule has 0 bridgehead atoms. The normalized spacial score (nSPS) is 20.1. The summed E-state index contributed by atoms with van der Waals surface area (Å²) < 4.78 is 0. The Labute approximate surface area is 98.7 Å². The van der Waals surface area contributed by atoms with Gasteiger partial charge >= 0.3 is 5.97 Å². The van der Waals surface area contributed by atoms with E-state index in [0.717, 1.165) is 13.1 Å². The van der Waals surface area contributed by atoms with E-state index < -0.39 is 5.97 Å². The first-order chi connectivity index (χ1) is 7.61. The molecule has 3 N–H and O–H groups in total. The highest BCUT2D eigenvalue weighted by atomic mass is 32.1. The number of rotatable bonds is 5. The Hall–Kier alpha value is -0.910. The topological polar surface area (TPSA) is 61.4 Å². The number of aliphatic carboxylic acids is 1. The van der Waals surface area contributed by atoms with E-state index in [2.05, 4.69) is 23.6 Å². The summed E-state index contributed by atoms with van der Waals surface area (Å²) in [5.41, 5.74) is -0.269. The van der Waals surface area contributed by atoms with Crippen molar-refractivity contribution in [2.45, 2.75) is 24.9 Å². The number of hydrogen-bond donors (Lipinski definition) is 3. The molecule has 1 aromatic heterocycles. The molecule has 0 aliphatic carbocycles. The lowest BCUT2D eigenvalue weighted by Gasteiger charge is -2.44. The van der Waals surface area contributed by atoms with Crippen LogP contribution in [0.25, 0.3) is 0 Å². The van der Waals surface area contributed by atoms with Crippen molar-refractivity contribution in [2.24, 2.45) is 0 Å². The molecular weight excluding hydrogens is 224 g/mol. The van der Waals surface area contributed by atoms with Gasteiger partial charge in [0.2, 0.25) is 0 Å². The van der Waals surface area contributed by atoms with Crippen LogP contribution < -0.4 is 10.6 Å². The van der Waals surface area contributed by atoms with Gasteiger partial charge in [0.25, 0.3) is 0 Å². The van der Waals surface area contributed by atoms with Gasteiger partial charge in [-0.3, -0.25) is 4.79 Å². The first-order valence-electron chi connectivity index (χ1n) is 5.35. The molecule has 0 amide bonds. The molecule has 2 rings (SSSR count). The van der Waals surface area contributed by atoms with Crippen LogP contribution in [0.5, 0.6) is 0 Å². The first kappa shape index (κ1) is 11.6. The van der Waals surface area contributed by atoms with Crippen LogP contribution in [0, 0.1) is 0 Å². The van der Waals surface area contributed by atoms with E-state index in [-0.39, 0.29) is 18.0 Å². The molecule has 5 heteroatoms. The zero-order valence-electron chi connectivity index (χ0n) is 9.19. The van der Waals surface area contributed by atoms with Crippen molar-refractivity contribution in [3.63, 3.8) is 0 Å². The van der Waals surface area contributed by atoms with Crippen LogP contribution in [0.2, 0.25) is 0 Å². The zero-order valence-corrected chi connectivity index (χ0v) is 10.0. The minimum Gasteiger partial charge on any atom is -0.481 e. The van der Waals surface area contributed by atoms with E-state index in [9.17, 15) is 4.79 Å². The van der Waals surface area contributed by atoms with Gasteiger partial charge in [-0.05, 0) is 18.4 Å². The van der Waals surface area contributed by atoms with Crippen LogP contribution in [0.3, 0.4) is 0 Å². The maximum Gasteiger partial charge on any atom is 0.305 e. The molecule has 88 valence electrons. The summed E-state index contributed by atoms with van der Waals surface area (Å²) in [5, 5.41) is 17.5. The maximum atomic E-state index is 10.8. The fourth-order valence-corrected chi connectivity index (χ4v) is 2.80. The van der Waals surface area contributed by atoms with E-state index >= 15 is 0 Å². The molecule has 4 nitrogen and oxygen atoms in total. The summed E-state index contributed by atoms with van der Waals surface area (Å²) in [6, 6.07) is 4.30. The van der Waals surface area contributed by atoms with Crippen molar-refractivity contribution in [2.75, 3.05) is 13.1 Å². The predicted molar refractivity (Wildman–Crippen MR) is 63.7 cm³/mol. The Bertz CT molecular complexity index is 360. The van der Waals surface area contributed by atoms with Crippen molar-refractivity contribution >= 4 is 17.3 Å². The van der Waals surface area contributed by atoms with Crippen LogP contribution in [0.15, 0.2) is 17.5 Å². The molecule has 1 aromatic rings. The molecular formula is C11H16N2O2S. The Morgan fingerprint density at radius 1 is 1.75 bits per heavy atom. The molecule has 1 saturated heterocycles. The Morgan fingerprint density at radius 3 is 2.94 bits per heavy atom. The van der Waals surface area contributed by atoms with Gasteiger partial charge in [0.15, 0.2) is 0 Å². The summed E-state index contributed by atoms with van der Waals surface area (Å²) >= 11 is 1.69. The van der Waals surface area contributed by atoms with E-state index in [0.29, 0.717) is 0 Å². The highest BCUT2D eigenvalue weighted by Crippen LogP contribution is 2.24. The van der Waals surface area contributed by atoms with Crippen LogP contribution in [-0.2, 0) is 4.79 Å². The van der Waals surface area contributed by atoms with Gasteiger partial charge in [0, 0.05) is 24.0 Å². The van der Waals surface area contributed by atoms with Gasteiger partial charge in [-0.2, -0.15) is 0 Å². The molecule has 1 atom stereocenters. The predicted octanol–water partition coefficient (Wildman–Crippen LogP) is 1.22. The molecule has 1 aliphatic heterocycles. The second-order valence-corrected chi connectivity index (χ2v) is 5.32. The third-order valence-corrected chi connectivity index (χ3v) is 3.96. The third kappa shape index (κ3) is 2.42. The van der Waals surface area contributed by atoms with Crippen LogP contribution in [0.4, 0.5) is 0 Å². The molecule has 0 radical (unpaired) electrons. The number of carboxylic acids is 1. The quantitative estimate of drug-likeness (QED) is 0.724. The van der Waals surface area contributed by atoms with Crippen LogP contribution >= 0.6 is 11.3 Å². The van der Waals surface area contributed by atoms with Gasteiger partial charge in [-0.1, -0.05) is 6.07 Å². The lowest BCUT2D eigenvalue weighted by atomic mass is 9.87. The molecule has 0 unspecified atom stereocenters. The summed E-state index contributed by atoms with van der Waals surface area (Å²) in [7, 11) is 0. The number of nitrogens with one attached hydrogen (secondary N) is 2. The van der Waals surface area contributed by atoms with Gasteiger partial charge in [0.1, 0.15) is 0 Å². The Kier molecular flexibility index (Phi) is 3.28. The van der Waals surface area contributed by atoms with Crippen molar-refractivity contribution < 1.29 is 9.90 Å². The van der Waals surface area contributed by atoms with E-state index in [1.165, 1.54) is 4.88 Å². The lowest BCUT2D eigenvalue weighted by molar-refractivity contribution is -0.139. The van der Waals surface area contributed by atoms with Crippen LogP contribution in [-0.4, -0.2) is 29.7 Å². The van der Waals surface area contributed by atoms with E-state index in [1.54, 1.807) is 11.3 Å². The molecule has 1 aliphatic rings. The van der Waals surface area contributed by atoms with E-state index in [4.69, 9.17) is 5.11 Å². The average molecular weight is 240 g/mol. The van der Waals surface area contributed by atoms with Gasteiger partial charge in [-0.15, -0.1) is 11.3 Å². The number of hydrogen-bond acceptors (Lipinski definition) is 4. The first-order valence-corrected chi connectivity index (χ1v) is 6.23. The lowest BCUT2D eigenvalue weighted by Crippen LogP contribution is -2.68. The van der Waals surface area contributed by atoms with Crippen molar-refractivity contribution in [1.29, 1.82) is 0 Å². The Morgan fingerprint density at radius 2 is 2.50 bits per heavy atom. The van der Waals surface area contributed by atoms with Gasteiger partial charge in [-0.25, -0.2) is 0 Å². The fraction of sp³-hybridized carbons (Fsp3) is 0.545. The van der Waals surface area contributed by atoms with Crippen molar-refractivity contribution in [3.05, 3.63) is 22.4 Å². The smallest absolute Gasteiger partial charge is 0.305 e. The standard InChI is InChI=1S/C11H16N2O2S/c1-8(9-3-2-4-16-9)13-11(5-10(14)15)6-12-7-11/h2-4,8,12-13H,5-7H2,1H3,(H,14,15)/t8-/m1/s1. The molecule has 2 heterocycles. The second-order valence-electron chi connectivity index (χ2n) is 4.34. The fourth-order valence-electron chi connectivity index (χ4n) is 2.06. The number of carboxylic acid groups (broad SMARTS) is 1. The van der Waals surface area contributed by atoms with Crippen molar-refractivity contribution in [3.8, 4) is 0 Å². The highest BCUT2D eigenvalue weighted by Gasteiger charge is 2.39. The molecule has 1 fully saturated rings. The molecule has 16 heavy (non-hydrogen) atoms. The molecule has 0 aromatic carbocycles. The van der Waals surface area contributed by atoms with Crippen LogP contribution in [0.1, 0.15) is 24.3 Å². The maximum absolute atomic E-state index is 10.8. The largest absolute Gasteiger partial charge is 0.481 e. The highest BCUT2D eigenvalue weighted by molar-refractivity contribution is 7.10. The van der Waals surface area contributed by atoms with Gasteiger partial charge in [0.05, 0.1) is 12.0 Å². The number of carbonyl (C=O) groups is 1. The SMILES string of the molecule is C[C@@H](NC1(CC(=O)O)CNC1)c1cccs1. The zero-order chi connectivity index (χ0) is 11.6. The minimum atomic E-state index is -0.743. The third-order valence-electron chi connectivity index (χ3n) is 2.91. The summed E-state index contributed by atoms with van der Waals surface area (Å²) in [6.07, 6.45) is 0.176. The molecule has 0 saturated carbocycles. The molecule has 0 spiro atoms. The average Bonchev–Trinajstić information content (AvgIpc) is 2.66. The second kappa shape index (κ2) is 4.53. The number of thiophene rings is 1. The summed E-state index contributed by atoms with van der Waals surface area (Å²) in [5.74, 6) is -0.743. The minimum absolute atomic E-state index is 0.176. The Balaban J connectivity index is 1.99. The van der Waals surface area contributed by atoms with Gasteiger partial charge < -0.3 is 15.7 Å². The summed E-state index contributed by atoms with van der Waals surface area (Å²) in [6.45, 7) is 3.54. The summed E-state index contributed by atoms with van der Waals surface area (Å²) in [4.78, 5) is 12.1. The monoisotopic (exact) mass is 240 g/mol.